The van der Waals surface area contributed by atoms with E-state index in [9.17, 15) is 4.79 Å². The van der Waals surface area contributed by atoms with Crippen LogP contribution in [0.5, 0.6) is 0 Å². The molecule has 4 aromatic rings. The second-order valence-corrected chi connectivity index (χ2v) is 7.33. The maximum atomic E-state index is 11.8. The summed E-state index contributed by atoms with van der Waals surface area (Å²) in [4.78, 5) is 28.0. The first-order valence-electron chi connectivity index (χ1n) is 9.78. The van der Waals surface area contributed by atoms with Gasteiger partial charge in [-0.05, 0) is 17.7 Å². The van der Waals surface area contributed by atoms with Crippen LogP contribution < -0.4 is 16.0 Å². The highest BCUT2D eigenvalue weighted by molar-refractivity contribution is 5.93. The number of nitrogens with one attached hydrogen (secondary N) is 1. The van der Waals surface area contributed by atoms with Gasteiger partial charge in [0.15, 0.2) is 11.6 Å². The molecule has 1 amide bonds. The molecule has 1 aliphatic heterocycles. The van der Waals surface area contributed by atoms with Crippen LogP contribution in [0.25, 0.3) is 17.0 Å². The monoisotopic (exact) mass is 399 g/mol. The number of fused-ring (bicyclic) bond motifs is 2. The summed E-state index contributed by atoms with van der Waals surface area (Å²) in [5.74, 6) is 0.807. The molecule has 150 valence electrons. The lowest BCUT2D eigenvalue weighted by Gasteiger charge is -2.17. The topological polar surface area (TPSA) is 101 Å². The van der Waals surface area contributed by atoms with Crippen molar-refractivity contribution in [2.75, 3.05) is 23.8 Å². The Morgan fingerprint density at radius 1 is 1.13 bits per heavy atom. The molecule has 0 unspecified atom stereocenters. The molecule has 0 saturated heterocycles. The second kappa shape index (κ2) is 7.14. The van der Waals surface area contributed by atoms with Gasteiger partial charge >= 0.3 is 0 Å². The van der Waals surface area contributed by atoms with Gasteiger partial charge in [0.2, 0.25) is 0 Å². The van der Waals surface area contributed by atoms with Crippen molar-refractivity contribution in [1.82, 2.24) is 19.4 Å². The minimum atomic E-state index is -0.508. The SMILES string of the molecule is CN1CCc2nc(-c3ncn4c(C(N)=O)cccc34)nc(NCc3ccccc3)c21. The first-order chi connectivity index (χ1) is 14.6. The van der Waals surface area contributed by atoms with Gasteiger partial charge in [0.1, 0.15) is 23.4 Å². The molecule has 1 aromatic carbocycles. The summed E-state index contributed by atoms with van der Waals surface area (Å²) in [6.45, 7) is 1.55. The zero-order chi connectivity index (χ0) is 20.7. The number of nitrogens with two attached hydrogens (primary N) is 1. The van der Waals surface area contributed by atoms with Crippen LogP contribution in [0, 0.1) is 0 Å². The number of carbonyl (C=O) groups excluding carboxylic acids is 1. The molecule has 0 radical (unpaired) electrons. The third kappa shape index (κ3) is 3.02. The van der Waals surface area contributed by atoms with Gasteiger partial charge in [0, 0.05) is 26.6 Å². The number of pyridine rings is 1. The van der Waals surface area contributed by atoms with E-state index in [4.69, 9.17) is 15.7 Å². The molecule has 0 aliphatic carbocycles. The zero-order valence-corrected chi connectivity index (χ0v) is 16.5. The Kier molecular flexibility index (Phi) is 4.31. The molecule has 0 spiro atoms. The summed E-state index contributed by atoms with van der Waals surface area (Å²) in [6.07, 6.45) is 2.43. The van der Waals surface area contributed by atoms with Crippen LogP contribution in [0.1, 0.15) is 21.7 Å². The van der Waals surface area contributed by atoms with Crippen LogP contribution in [0.4, 0.5) is 11.5 Å². The predicted octanol–water partition coefficient (Wildman–Crippen LogP) is 2.49. The van der Waals surface area contributed by atoms with Gasteiger partial charge in [-0.1, -0.05) is 36.4 Å². The van der Waals surface area contributed by atoms with E-state index in [0.717, 1.165) is 35.7 Å². The zero-order valence-electron chi connectivity index (χ0n) is 16.5. The average Bonchev–Trinajstić information content (AvgIpc) is 3.36. The van der Waals surface area contributed by atoms with Crippen LogP contribution in [0.3, 0.4) is 0 Å². The number of amides is 1. The standard InChI is InChI=1S/C22H21N7O/c1-28-11-10-15-19(28)22(24-12-14-6-3-2-4-7-14)27-21(26-15)18-16-8-5-9-17(20(23)30)29(16)13-25-18/h2-9,13H,10-12H2,1H3,(H2,23,30)(H,24,26,27). The van der Waals surface area contributed by atoms with Gasteiger partial charge in [-0.15, -0.1) is 0 Å². The first kappa shape index (κ1) is 18.1. The number of primary amides is 1. The maximum Gasteiger partial charge on any atom is 0.265 e. The number of carbonyl (C=O) groups is 1. The minimum Gasteiger partial charge on any atom is -0.370 e. The van der Waals surface area contributed by atoms with Gasteiger partial charge in [-0.25, -0.2) is 15.0 Å². The Morgan fingerprint density at radius 2 is 1.97 bits per heavy atom. The summed E-state index contributed by atoms with van der Waals surface area (Å²) in [7, 11) is 2.05. The molecule has 4 heterocycles. The van der Waals surface area contributed by atoms with E-state index in [1.54, 1.807) is 22.9 Å². The van der Waals surface area contributed by atoms with E-state index < -0.39 is 5.91 Å². The fourth-order valence-electron chi connectivity index (χ4n) is 3.87. The molecule has 1 aliphatic rings. The summed E-state index contributed by atoms with van der Waals surface area (Å²) in [6, 6.07) is 15.5. The molecule has 8 heteroatoms. The average molecular weight is 399 g/mol. The van der Waals surface area contributed by atoms with Crippen molar-refractivity contribution in [3.63, 3.8) is 0 Å². The number of likely N-dealkylation sites (N-methyl/N-ethyl adjacent to an activating group) is 1. The van der Waals surface area contributed by atoms with Crippen LogP contribution in [0.2, 0.25) is 0 Å². The Labute approximate surface area is 173 Å². The summed E-state index contributed by atoms with van der Waals surface area (Å²) in [5.41, 5.74) is 10.4. The van der Waals surface area contributed by atoms with Crippen LogP contribution >= 0.6 is 0 Å². The van der Waals surface area contributed by atoms with E-state index in [2.05, 4.69) is 27.3 Å². The number of hydrogen-bond donors (Lipinski definition) is 2. The quantitative estimate of drug-likeness (QED) is 0.535. The molecule has 0 bridgehead atoms. The molecule has 0 fully saturated rings. The molecule has 5 rings (SSSR count). The first-order valence-corrected chi connectivity index (χ1v) is 9.78. The van der Waals surface area contributed by atoms with Crippen molar-refractivity contribution in [1.29, 1.82) is 0 Å². The highest BCUT2D eigenvalue weighted by Crippen LogP contribution is 2.35. The van der Waals surface area contributed by atoms with Crippen molar-refractivity contribution < 1.29 is 4.79 Å². The maximum absolute atomic E-state index is 11.8. The van der Waals surface area contributed by atoms with Crippen LogP contribution in [0.15, 0.2) is 54.9 Å². The predicted molar refractivity (Wildman–Crippen MR) is 115 cm³/mol. The normalized spacial score (nSPS) is 12.9. The van der Waals surface area contributed by atoms with Gasteiger partial charge in [0.05, 0.1) is 11.2 Å². The molecular weight excluding hydrogens is 378 g/mol. The molecule has 3 aromatic heterocycles. The fourth-order valence-corrected chi connectivity index (χ4v) is 3.87. The Bertz CT molecular complexity index is 1250. The van der Waals surface area contributed by atoms with Crippen molar-refractivity contribution in [2.24, 2.45) is 5.73 Å². The molecule has 0 atom stereocenters. The highest BCUT2D eigenvalue weighted by atomic mass is 16.1. The number of nitrogens with zero attached hydrogens (tertiary/aromatic N) is 5. The van der Waals surface area contributed by atoms with Crippen molar-refractivity contribution >= 4 is 22.9 Å². The van der Waals surface area contributed by atoms with Gasteiger partial charge in [-0.2, -0.15) is 0 Å². The lowest BCUT2D eigenvalue weighted by Crippen LogP contribution is -2.16. The van der Waals surface area contributed by atoms with Gasteiger partial charge in [0.25, 0.3) is 5.91 Å². The highest BCUT2D eigenvalue weighted by Gasteiger charge is 2.25. The molecule has 30 heavy (non-hydrogen) atoms. The third-order valence-electron chi connectivity index (χ3n) is 5.36. The van der Waals surface area contributed by atoms with E-state index in [1.807, 2.05) is 31.3 Å². The van der Waals surface area contributed by atoms with Crippen molar-refractivity contribution in [3.8, 4) is 11.5 Å². The number of hydrogen-bond acceptors (Lipinski definition) is 6. The number of imidazole rings is 1. The smallest absolute Gasteiger partial charge is 0.265 e. The minimum absolute atomic E-state index is 0.370. The molecule has 0 saturated carbocycles. The molecule has 3 N–H and O–H groups in total. The summed E-state index contributed by atoms with van der Waals surface area (Å²) in [5, 5.41) is 3.47. The Hall–Kier alpha value is -3.94. The molecular formula is C22H21N7O. The van der Waals surface area contributed by atoms with Gasteiger partial charge in [-0.3, -0.25) is 9.20 Å². The van der Waals surface area contributed by atoms with Crippen molar-refractivity contribution in [2.45, 2.75) is 13.0 Å². The Morgan fingerprint density at radius 3 is 2.77 bits per heavy atom. The lowest BCUT2D eigenvalue weighted by molar-refractivity contribution is 0.0994. The van der Waals surface area contributed by atoms with Crippen LogP contribution in [-0.2, 0) is 13.0 Å². The van der Waals surface area contributed by atoms with Gasteiger partial charge < -0.3 is 16.0 Å². The number of benzene rings is 1. The number of aromatic nitrogens is 4. The number of anilines is 2. The summed E-state index contributed by atoms with van der Waals surface area (Å²) >= 11 is 0. The fraction of sp³-hybridized carbons (Fsp3) is 0.182. The number of rotatable bonds is 5. The van der Waals surface area contributed by atoms with E-state index in [0.29, 0.717) is 23.8 Å². The third-order valence-corrected chi connectivity index (χ3v) is 5.36. The summed E-state index contributed by atoms with van der Waals surface area (Å²) < 4.78 is 1.68. The second-order valence-electron chi connectivity index (χ2n) is 7.33. The Balaban J connectivity index is 1.59. The van der Waals surface area contributed by atoms with E-state index in [1.165, 1.54) is 5.56 Å². The van der Waals surface area contributed by atoms with Crippen molar-refractivity contribution in [3.05, 3.63) is 71.8 Å². The largest absolute Gasteiger partial charge is 0.370 e. The van der Waals surface area contributed by atoms with E-state index in [-0.39, 0.29) is 0 Å². The van der Waals surface area contributed by atoms with E-state index >= 15 is 0 Å². The van der Waals surface area contributed by atoms with Crippen LogP contribution in [-0.4, -0.2) is 38.9 Å². The lowest BCUT2D eigenvalue weighted by atomic mass is 10.2. The molecule has 8 nitrogen and oxygen atoms in total.